The van der Waals surface area contributed by atoms with Gasteiger partial charge in [-0.3, -0.25) is 0 Å². The number of hydrogen-bond donors (Lipinski definition) is 1. The standard InChI is InChI=1S/C5H12O.2ClH/c1-4(2)5(3)6;;/h4-6H,1-3H3;2*1H. The van der Waals surface area contributed by atoms with Gasteiger partial charge in [-0.25, -0.2) is 0 Å². The average molecular weight is 161 g/mol. The molecule has 0 radical (unpaired) electrons. The Morgan fingerprint density at radius 2 is 1.12 bits per heavy atom. The highest BCUT2D eigenvalue weighted by Crippen LogP contribution is 1.96. The van der Waals surface area contributed by atoms with Crippen LogP contribution in [0, 0.1) is 5.92 Å². The summed E-state index contributed by atoms with van der Waals surface area (Å²) in [6.07, 6.45) is -0.148. The quantitative estimate of drug-likeness (QED) is 0.622. The van der Waals surface area contributed by atoms with Crippen LogP contribution in [0.2, 0.25) is 0 Å². The molecule has 0 amide bonds. The van der Waals surface area contributed by atoms with Crippen molar-refractivity contribution >= 4 is 24.8 Å². The Kier molecular flexibility index (Phi) is 14.9. The fourth-order valence-electron chi connectivity index (χ4n) is 0. The number of aliphatic hydroxyl groups excluding tert-OH is 1. The fraction of sp³-hybridized carbons (Fsp3) is 1.00. The molecular formula is C5H14Cl2O. The van der Waals surface area contributed by atoms with E-state index < -0.39 is 0 Å². The van der Waals surface area contributed by atoms with E-state index in [2.05, 4.69) is 0 Å². The van der Waals surface area contributed by atoms with Crippen LogP contribution in [-0.2, 0) is 0 Å². The molecule has 1 unspecified atom stereocenters. The summed E-state index contributed by atoms with van der Waals surface area (Å²) in [5.74, 6) is 0.407. The molecule has 0 bridgehead atoms. The van der Waals surface area contributed by atoms with Gasteiger partial charge in [0.15, 0.2) is 0 Å². The van der Waals surface area contributed by atoms with Crippen molar-refractivity contribution in [3.8, 4) is 0 Å². The maximum absolute atomic E-state index is 8.63. The molecule has 0 saturated carbocycles. The number of hydrogen-bond acceptors (Lipinski definition) is 1. The highest BCUT2D eigenvalue weighted by atomic mass is 35.5. The molecule has 1 N–H and O–H groups in total. The third-order valence-electron chi connectivity index (χ3n) is 0.965. The molecule has 3 heteroatoms. The van der Waals surface area contributed by atoms with Gasteiger partial charge in [0, 0.05) is 0 Å². The Bertz CT molecular complexity index is 31.4. The summed E-state index contributed by atoms with van der Waals surface area (Å²) in [5, 5.41) is 8.63. The highest BCUT2D eigenvalue weighted by molar-refractivity contribution is 5.85. The van der Waals surface area contributed by atoms with E-state index in [1.807, 2.05) is 13.8 Å². The Labute approximate surface area is 63.3 Å². The molecule has 0 spiro atoms. The second-order valence-corrected chi connectivity index (χ2v) is 1.98. The smallest absolute Gasteiger partial charge is 0.0535 e. The zero-order valence-corrected chi connectivity index (χ0v) is 7.05. The average Bonchev–Trinajstić information content (AvgIpc) is 1.36. The van der Waals surface area contributed by atoms with Gasteiger partial charge in [0.05, 0.1) is 6.10 Å². The van der Waals surface area contributed by atoms with E-state index in [0.717, 1.165) is 0 Å². The second-order valence-electron chi connectivity index (χ2n) is 1.98. The summed E-state index contributed by atoms with van der Waals surface area (Å²) in [7, 11) is 0. The van der Waals surface area contributed by atoms with Gasteiger partial charge in [0.25, 0.3) is 0 Å². The van der Waals surface area contributed by atoms with Crippen LogP contribution in [0.1, 0.15) is 20.8 Å². The Morgan fingerprint density at radius 1 is 1.00 bits per heavy atom. The predicted octanol–water partition coefficient (Wildman–Crippen LogP) is 1.87. The van der Waals surface area contributed by atoms with Gasteiger partial charge in [-0.15, -0.1) is 24.8 Å². The summed E-state index contributed by atoms with van der Waals surface area (Å²) in [6.45, 7) is 5.78. The first-order valence-corrected chi connectivity index (χ1v) is 2.32. The topological polar surface area (TPSA) is 20.2 Å². The van der Waals surface area contributed by atoms with E-state index in [0.29, 0.717) is 5.92 Å². The summed E-state index contributed by atoms with van der Waals surface area (Å²) < 4.78 is 0. The van der Waals surface area contributed by atoms with Crippen molar-refractivity contribution in [2.24, 2.45) is 5.92 Å². The monoisotopic (exact) mass is 160 g/mol. The maximum atomic E-state index is 8.63. The molecule has 0 heterocycles. The van der Waals surface area contributed by atoms with Crippen LogP contribution in [0.4, 0.5) is 0 Å². The molecule has 0 rings (SSSR count). The minimum Gasteiger partial charge on any atom is -0.393 e. The van der Waals surface area contributed by atoms with Crippen molar-refractivity contribution < 1.29 is 5.11 Å². The molecule has 0 aliphatic carbocycles. The van der Waals surface area contributed by atoms with Crippen LogP contribution >= 0.6 is 24.8 Å². The van der Waals surface area contributed by atoms with Gasteiger partial charge in [0.1, 0.15) is 0 Å². The molecule has 0 aliphatic heterocycles. The highest BCUT2D eigenvalue weighted by Gasteiger charge is 1.97. The lowest BCUT2D eigenvalue weighted by molar-refractivity contribution is 0.144. The minimum absolute atomic E-state index is 0. The van der Waals surface area contributed by atoms with Gasteiger partial charge in [-0.1, -0.05) is 13.8 Å². The van der Waals surface area contributed by atoms with Crippen molar-refractivity contribution in [3.63, 3.8) is 0 Å². The summed E-state index contributed by atoms with van der Waals surface area (Å²) in [5.41, 5.74) is 0. The van der Waals surface area contributed by atoms with Crippen molar-refractivity contribution in [2.75, 3.05) is 0 Å². The Hall–Kier alpha value is 0.540. The van der Waals surface area contributed by atoms with Crippen molar-refractivity contribution in [1.82, 2.24) is 0 Å². The molecule has 0 saturated heterocycles. The molecule has 1 atom stereocenters. The minimum atomic E-state index is -0.148. The van der Waals surface area contributed by atoms with Crippen molar-refractivity contribution in [2.45, 2.75) is 26.9 Å². The largest absolute Gasteiger partial charge is 0.393 e. The number of rotatable bonds is 1. The molecule has 0 aliphatic rings. The number of halogens is 2. The molecule has 54 valence electrons. The van der Waals surface area contributed by atoms with Gasteiger partial charge in [0.2, 0.25) is 0 Å². The first-order valence-electron chi connectivity index (χ1n) is 2.32. The normalized spacial score (nSPS) is 11.6. The maximum Gasteiger partial charge on any atom is 0.0535 e. The van der Waals surface area contributed by atoms with E-state index in [9.17, 15) is 0 Å². The molecule has 1 nitrogen and oxygen atoms in total. The SMILES string of the molecule is CC(C)C(C)O.Cl.Cl. The van der Waals surface area contributed by atoms with Crippen LogP contribution < -0.4 is 0 Å². The summed E-state index contributed by atoms with van der Waals surface area (Å²) in [4.78, 5) is 0. The van der Waals surface area contributed by atoms with Gasteiger partial charge in [-0.2, -0.15) is 0 Å². The lowest BCUT2D eigenvalue weighted by Crippen LogP contribution is -2.07. The Morgan fingerprint density at radius 3 is 1.12 bits per heavy atom. The molecule has 0 aromatic rings. The van der Waals surface area contributed by atoms with Gasteiger partial charge < -0.3 is 5.11 Å². The second kappa shape index (κ2) is 7.54. The van der Waals surface area contributed by atoms with Crippen LogP contribution in [0.3, 0.4) is 0 Å². The molecular weight excluding hydrogens is 147 g/mol. The molecule has 0 fully saturated rings. The number of aliphatic hydroxyl groups is 1. The van der Waals surface area contributed by atoms with Crippen molar-refractivity contribution in [1.29, 1.82) is 0 Å². The lowest BCUT2D eigenvalue weighted by atomic mass is 10.1. The van der Waals surface area contributed by atoms with E-state index >= 15 is 0 Å². The van der Waals surface area contributed by atoms with Crippen molar-refractivity contribution in [3.05, 3.63) is 0 Å². The third-order valence-corrected chi connectivity index (χ3v) is 0.965. The lowest BCUT2D eigenvalue weighted by Gasteiger charge is -2.04. The summed E-state index contributed by atoms with van der Waals surface area (Å²) in [6, 6.07) is 0. The van der Waals surface area contributed by atoms with Gasteiger partial charge in [-0.05, 0) is 12.8 Å². The van der Waals surface area contributed by atoms with Crippen LogP contribution in [-0.4, -0.2) is 11.2 Å². The van der Waals surface area contributed by atoms with Crippen LogP contribution in [0.5, 0.6) is 0 Å². The third kappa shape index (κ3) is 9.74. The fourth-order valence-corrected chi connectivity index (χ4v) is 0. The first-order chi connectivity index (χ1) is 2.64. The predicted molar refractivity (Wildman–Crippen MR) is 41.0 cm³/mol. The van der Waals surface area contributed by atoms with Crippen LogP contribution in [0.25, 0.3) is 0 Å². The zero-order chi connectivity index (χ0) is 5.15. The first kappa shape index (κ1) is 15.8. The van der Waals surface area contributed by atoms with Crippen LogP contribution in [0.15, 0.2) is 0 Å². The van der Waals surface area contributed by atoms with E-state index in [1.54, 1.807) is 6.92 Å². The Balaban J connectivity index is -0.000000125. The van der Waals surface area contributed by atoms with E-state index in [1.165, 1.54) is 0 Å². The molecule has 0 aromatic carbocycles. The van der Waals surface area contributed by atoms with Gasteiger partial charge >= 0.3 is 0 Å². The van der Waals surface area contributed by atoms with E-state index in [-0.39, 0.29) is 30.9 Å². The molecule has 0 aromatic heterocycles. The van der Waals surface area contributed by atoms with E-state index in [4.69, 9.17) is 5.11 Å². The summed E-state index contributed by atoms with van der Waals surface area (Å²) >= 11 is 0. The molecule has 8 heavy (non-hydrogen) atoms. The zero-order valence-electron chi connectivity index (χ0n) is 5.42.